The van der Waals surface area contributed by atoms with Crippen LogP contribution in [0.2, 0.25) is 0 Å². The van der Waals surface area contributed by atoms with Gasteiger partial charge in [0.15, 0.2) is 11.6 Å². The number of hydrogen-bond acceptors (Lipinski definition) is 3. The molecule has 0 amide bonds. The summed E-state index contributed by atoms with van der Waals surface area (Å²) in [7, 11) is 0. The van der Waals surface area contributed by atoms with Gasteiger partial charge in [-0.3, -0.25) is 9.79 Å². The molecule has 0 radical (unpaired) electrons. The molecule has 0 aromatic heterocycles. The van der Waals surface area contributed by atoms with Gasteiger partial charge in [-0.05, 0) is 49.3 Å². The molecule has 4 nitrogen and oxygen atoms in total. The van der Waals surface area contributed by atoms with E-state index in [0.717, 1.165) is 30.7 Å². The van der Waals surface area contributed by atoms with Gasteiger partial charge in [-0.25, -0.2) is 8.78 Å². The quantitative estimate of drug-likeness (QED) is 0.764. The van der Waals surface area contributed by atoms with Crippen LogP contribution in [0.4, 0.5) is 8.78 Å². The minimum Gasteiger partial charge on any atom is -0.481 e. The van der Waals surface area contributed by atoms with Crippen molar-refractivity contribution in [2.75, 3.05) is 0 Å². The van der Waals surface area contributed by atoms with E-state index >= 15 is 0 Å². The third kappa shape index (κ3) is 4.62. The number of hydrogen-bond donors (Lipinski definition) is 1. The van der Waals surface area contributed by atoms with Gasteiger partial charge < -0.3 is 9.84 Å². The van der Waals surface area contributed by atoms with Crippen molar-refractivity contribution in [2.24, 2.45) is 28.7 Å². The van der Waals surface area contributed by atoms with Gasteiger partial charge in [0.2, 0.25) is 0 Å². The molecule has 0 fully saturated rings. The van der Waals surface area contributed by atoms with Gasteiger partial charge in [0.1, 0.15) is 17.5 Å². The SMILES string of the molecule is CC(C)CCC1=CC2CC(C(=O)O)C(Oc3ccc(F)cc3F)=CC2C=N1. The number of carboxylic acid groups (broad SMARTS) is 1. The lowest BCUT2D eigenvalue weighted by atomic mass is 9.76. The molecule has 0 bridgehead atoms. The van der Waals surface area contributed by atoms with E-state index in [1.807, 2.05) is 6.21 Å². The summed E-state index contributed by atoms with van der Waals surface area (Å²) in [5.74, 6) is -3.01. The minimum atomic E-state index is -1.03. The third-order valence-electron chi connectivity index (χ3n) is 4.92. The number of rotatable bonds is 6. The second-order valence-electron chi connectivity index (χ2n) is 7.48. The third-order valence-corrected chi connectivity index (χ3v) is 4.92. The van der Waals surface area contributed by atoms with E-state index in [9.17, 15) is 18.7 Å². The Kier molecular flexibility index (Phi) is 5.73. The van der Waals surface area contributed by atoms with E-state index < -0.39 is 23.5 Å². The van der Waals surface area contributed by atoms with Crippen molar-refractivity contribution in [3.05, 3.63) is 53.4 Å². The number of carboxylic acids is 1. The predicted octanol–water partition coefficient (Wildman–Crippen LogP) is 4.97. The molecule has 1 aromatic carbocycles. The smallest absolute Gasteiger partial charge is 0.314 e. The molecule has 3 atom stereocenters. The second-order valence-corrected chi connectivity index (χ2v) is 7.48. The van der Waals surface area contributed by atoms with Crippen molar-refractivity contribution >= 4 is 12.2 Å². The second kappa shape index (κ2) is 8.03. The number of nitrogens with zero attached hydrogens (tertiary/aromatic N) is 1. The van der Waals surface area contributed by atoms with E-state index in [4.69, 9.17) is 4.74 Å². The number of halogens is 2. The molecular formula is C21H23F2NO3. The number of carbonyl (C=O) groups is 1. The molecule has 2 aliphatic rings. The molecule has 144 valence electrons. The van der Waals surface area contributed by atoms with Crippen LogP contribution < -0.4 is 4.74 Å². The molecule has 1 N–H and O–H groups in total. The summed E-state index contributed by atoms with van der Waals surface area (Å²) in [6.07, 6.45) is 7.79. The first-order valence-corrected chi connectivity index (χ1v) is 9.15. The molecule has 1 aliphatic heterocycles. The summed E-state index contributed by atoms with van der Waals surface area (Å²) in [4.78, 5) is 16.2. The molecule has 6 heteroatoms. The van der Waals surface area contributed by atoms with Crippen molar-refractivity contribution in [1.29, 1.82) is 0 Å². The fraction of sp³-hybridized carbons (Fsp3) is 0.429. The van der Waals surface area contributed by atoms with E-state index in [-0.39, 0.29) is 23.3 Å². The van der Waals surface area contributed by atoms with Crippen molar-refractivity contribution in [3.63, 3.8) is 0 Å². The number of benzene rings is 1. The number of allylic oxidation sites excluding steroid dienone is 3. The van der Waals surface area contributed by atoms with Crippen LogP contribution in [0.3, 0.4) is 0 Å². The van der Waals surface area contributed by atoms with Gasteiger partial charge in [-0.2, -0.15) is 0 Å². The molecule has 0 spiro atoms. The Hall–Kier alpha value is -2.50. The Morgan fingerprint density at radius 1 is 1.33 bits per heavy atom. The molecular weight excluding hydrogens is 352 g/mol. The lowest BCUT2D eigenvalue weighted by Gasteiger charge is -2.32. The van der Waals surface area contributed by atoms with Crippen LogP contribution in [-0.2, 0) is 4.79 Å². The van der Waals surface area contributed by atoms with Crippen molar-refractivity contribution in [1.82, 2.24) is 0 Å². The summed E-state index contributed by atoms with van der Waals surface area (Å²) in [6, 6.07) is 2.95. The van der Waals surface area contributed by atoms with Crippen molar-refractivity contribution < 1.29 is 23.4 Å². The maximum Gasteiger partial charge on any atom is 0.314 e. The van der Waals surface area contributed by atoms with E-state index in [2.05, 4.69) is 24.9 Å². The standard InChI is InChI=1S/C21H23F2NO3/c1-12(2)3-5-16-7-13-8-17(21(25)26)20(9-14(13)11-24-16)27-19-6-4-15(22)10-18(19)23/h4,6-7,9-14,17H,3,5,8H2,1-2H3,(H,25,26). The largest absolute Gasteiger partial charge is 0.481 e. The van der Waals surface area contributed by atoms with Gasteiger partial charge in [-0.1, -0.05) is 19.9 Å². The van der Waals surface area contributed by atoms with Crippen LogP contribution in [0.15, 0.2) is 46.8 Å². The zero-order valence-corrected chi connectivity index (χ0v) is 15.4. The summed E-state index contributed by atoms with van der Waals surface area (Å²) >= 11 is 0. The Balaban J connectivity index is 1.81. The zero-order chi connectivity index (χ0) is 19.6. The first-order valence-electron chi connectivity index (χ1n) is 9.15. The molecule has 1 heterocycles. The average molecular weight is 375 g/mol. The molecule has 0 saturated heterocycles. The van der Waals surface area contributed by atoms with E-state index in [1.54, 1.807) is 6.08 Å². The van der Waals surface area contributed by atoms with Gasteiger partial charge in [0.05, 0.1) is 0 Å². The molecule has 3 rings (SSSR count). The highest BCUT2D eigenvalue weighted by molar-refractivity contribution is 5.76. The summed E-state index contributed by atoms with van der Waals surface area (Å²) < 4.78 is 32.5. The van der Waals surface area contributed by atoms with E-state index in [0.29, 0.717) is 18.4 Å². The van der Waals surface area contributed by atoms with Gasteiger partial charge >= 0.3 is 5.97 Å². The molecule has 1 aromatic rings. The average Bonchev–Trinajstić information content (AvgIpc) is 2.61. The van der Waals surface area contributed by atoms with Crippen LogP contribution in [0.1, 0.15) is 33.1 Å². The topological polar surface area (TPSA) is 58.9 Å². The first-order chi connectivity index (χ1) is 12.8. The first kappa shape index (κ1) is 19.3. The summed E-state index contributed by atoms with van der Waals surface area (Å²) in [5.41, 5.74) is 0.983. The number of fused-ring (bicyclic) bond motifs is 1. The lowest BCUT2D eigenvalue weighted by molar-refractivity contribution is -0.142. The van der Waals surface area contributed by atoms with Crippen LogP contribution in [0.5, 0.6) is 5.75 Å². The van der Waals surface area contributed by atoms with Crippen molar-refractivity contribution in [2.45, 2.75) is 33.1 Å². The molecule has 1 aliphatic carbocycles. The minimum absolute atomic E-state index is 0.0242. The number of aliphatic carboxylic acids is 1. The van der Waals surface area contributed by atoms with Crippen LogP contribution >= 0.6 is 0 Å². The highest BCUT2D eigenvalue weighted by atomic mass is 19.1. The van der Waals surface area contributed by atoms with E-state index in [1.165, 1.54) is 0 Å². The van der Waals surface area contributed by atoms with Crippen LogP contribution in [0, 0.1) is 35.3 Å². The summed E-state index contributed by atoms with van der Waals surface area (Å²) in [5, 5.41) is 9.60. The Morgan fingerprint density at radius 2 is 2.11 bits per heavy atom. The Morgan fingerprint density at radius 3 is 2.78 bits per heavy atom. The fourth-order valence-electron chi connectivity index (χ4n) is 3.38. The molecule has 0 saturated carbocycles. The number of aliphatic imine (C=N–C) groups is 1. The van der Waals surface area contributed by atoms with Gasteiger partial charge in [-0.15, -0.1) is 0 Å². The maximum atomic E-state index is 13.9. The van der Waals surface area contributed by atoms with Gasteiger partial charge in [0.25, 0.3) is 0 Å². The lowest BCUT2D eigenvalue weighted by Crippen LogP contribution is -2.32. The van der Waals surface area contributed by atoms with Gasteiger partial charge in [0, 0.05) is 23.9 Å². The predicted molar refractivity (Wildman–Crippen MR) is 98.4 cm³/mol. The molecule has 3 unspecified atom stereocenters. The van der Waals surface area contributed by atoms with Crippen molar-refractivity contribution in [3.8, 4) is 5.75 Å². The normalized spacial score (nSPS) is 24.3. The molecule has 27 heavy (non-hydrogen) atoms. The summed E-state index contributed by atoms with van der Waals surface area (Å²) in [6.45, 7) is 4.30. The van der Waals surface area contributed by atoms with Crippen LogP contribution in [0.25, 0.3) is 0 Å². The highest BCUT2D eigenvalue weighted by Gasteiger charge is 2.36. The Labute approximate surface area is 157 Å². The Bertz CT molecular complexity index is 814. The zero-order valence-electron chi connectivity index (χ0n) is 15.4. The highest BCUT2D eigenvalue weighted by Crippen LogP contribution is 2.38. The maximum absolute atomic E-state index is 13.9. The fourth-order valence-corrected chi connectivity index (χ4v) is 3.38. The van der Waals surface area contributed by atoms with Crippen LogP contribution in [-0.4, -0.2) is 17.3 Å². The monoisotopic (exact) mass is 375 g/mol. The number of ether oxygens (including phenoxy) is 1.